The number of unbranched alkanes of at least 4 members (excludes halogenated alkanes) is 14. The van der Waals surface area contributed by atoms with Gasteiger partial charge in [-0.25, -0.2) is 0 Å². The Kier molecular flexibility index (Phi) is 21.5. The second-order valence-corrected chi connectivity index (χ2v) is 7.98. The zero-order chi connectivity index (χ0) is 18.4. The van der Waals surface area contributed by atoms with E-state index in [9.17, 15) is 0 Å². The first-order chi connectivity index (χ1) is 12.3. The fourth-order valence-corrected chi connectivity index (χ4v) is 3.45. The van der Waals surface area contributed by atoms with Gasteiger partial charge in [0.05, 0.1) is 0 Å². The lowest BCUT2D eigenvalue weighted by Crippen LogP contribution is -2.19. The van der Waals surface area contributed by atoms with Crippen molar-refractivity contribution < 1.29 is 0 Å². The monoisotopic (exact) mass is 351 g/mol. The molecule has 25 heavy (non-hydrogen) atoms. The molecule has 1 atom stereocenters. The van der Waals surface area contributed by atoms with Crippen LogP contribution in [0.1, 0.15) is 136 Å². The first-order valence-electron chi connectivity index (χ1n) is 11.7. The van der Waals surface area contributed by atoms with E-state index in [4.69, 9.17) is 5.73 Å². The minimum atomic E-state index is 0.460. The molecule has 0 aromatic carbocycles. The third kappa shape index (κ3) is 21.7. The van der Waals surface area contributed by atoms with Gasteiger partial charge in [0, 0.05) is 6.04 Å². The van der Waals surface area contributed by atoms with E-state index in [-0.39, 0.29) is 0 Å². The second-order valence-electron chi connectivity index (χ2n) is 7.98. The number of hydrogen-bond acceptors (Lipinski definition) is 1. The van der Waals surface area contributed by atoms with Gasteiger partial charge in [0.1, 0.15) is 0 Å². The van der Waals surface area contributed by atoms with Gasteiger partial charge in [-0.1, -0.05) is 109 Å². The van der Waals surface area contributed by atoms with Gasteiger partial charge in [0.2, 0.25) is 0 Å². The lowest BCUT2D eigenvalue weighted by molar-refractivity contribution is 0.489. The van der Waals surface area contributed by atoms with E-state index in [0.29, 0.717) is 6.04 Å². The summed E-state index contributed by atoms with van der Waals surface area (Å²) in [6, 6.07) is 0.460. The molecule has 1 nitrogen and oxygen atoms in total. The molecule has 0 heterocycles. The lowest BCUT2D eigenvalue weighted by atomic mass is 10.0. The van der Waals surface area contributed by atoms with E-state index >= 15 is 0 Å². The number of allylic oxidation sites excluding steroid dienone is 2. The predicted octanol–water partition coefficient (Wildman–Crippen LogP) is 8.32. The van der Waals surface area contributed by atoms with Crippen molar-refractivity contribution in [3.05, 3.63) is 12.2 Å². The van der Waals surface area contributed by atoms with Crippen LogP contribution >= 0.6 is 0 Å². The Labute approximate surface area is 160 Å². The topological polar surface area (TPSA) is 26.0 Å². The van der Waals surface area contributed by atoms with Crippen LogP contribution in [0.15, 0.2) is 12.2 Å². The Morgan fingerprint density at radius 3 is 1.36 bits per heavy atom. The van der Waals surface area contributed by atoms with Gasteiger partial charge >= 0.3 is 0 Å². The van der Waals surface area contributed by atoms with Crippen molar-refractivity contribution in [2.24, 2.45) is 5.73 Å². The minimum Gasteiger partial charge on any atom is -0.328 e. The Balaban J connectivity index is 3.16. The summed E-state index contributed by atoms with van der Waals surface area (Å²) < 4.78 is 0. The maximum Gasteiger partial charge on any atom is 0.00388 e. The summed E-state index contributed by atoms with van der Waals surface area (Å²) in [6.45, 7) is 4.55. The van der Waals surface area contributed by atoms with Crippen LogP contribution in [-0.4, -0.2) is 6.04 Å². The average molecular weight is 352 g/mol. The standard InChI is InChI=1S/C24H49N/c1-3-5-7-9-10-11-12-13-14-15-16-17-18-19-21-23-24(25)22-20-8-6-4-2/h13-14,24H,3-12,15-23,25H2,1-2H3/b14-13-. The van der Waals surface area contributed by atoms with Crippen LogP contribution in [0.4, 0.5) is 0 Å². The summed E-state index contributed by atoms with van der Waals surface area (Å²) in [5.41, 5.74) is 6.20. The summed E-state index contributed by atoms with van der Waals surface area (Å²) in [5, 5.41) is 0. The van der Waals surface area contributed by atoms with Crippen LogP contribution < -0.4 is 5.73 Å². The molecule has 0 aromatic rings. The molecule has 0 bridgehead atoms. The first kappa shape index (κ1) is 24.7. The molecule has 0 saturated heterocycles. The molecule has 0 aliphatic heterocycles. The number of nitrogens with two attached hydrogens (primary N) is 1. The van der Waals surface area contributed by atoms with Crippen LogP contribution in [0.25, 0.3) is 0 Å². The van der Waals surface area contributed by atoms with Crippen molar-refractivity contribution >= 4 is 0 Å². The Morgan fingerprint density at radius 2 is 0.880 bits per heavy atom. The maximum absolute atomic E-state index is 6.20. The van der Waals surface area contributed by atoms with Crippen molar-refractivity contribution in [3.8, 4) is 0 Å². The number of rotatable bonds is 20. The van der Waals surface area contributed by atoms with E-state index in [1.165, 1.54) is 122 Å². The summed E-state index contributed by atoms with van der Waals surface area (Å²) in [7, 11) is 0. The van der Waals surface area contributed by atoms with Crippen molar-refractivity contribution in [3.63, 3.8) is 0 Å². The van der Waals surface area contributed by atoms with Crippen molar-refractivity contribution in [2.75, 3.05) is 0 Å². The van der Waals surface area contributed by atoms with E-state index in [1.807, 2.05) is 0 Å². The molecule has 0 radical (unpaired) electrons. The first-order valence-corrected chi connectivity index (χ1v) is 11.7. The maximum atomic E-state index is 6.20. The van der Waals surface area contributed by atoms with Crippen LogP contribution in [0.5, 0.6) is 0 Å². The van der Waals surface area contributed by atoms with E-state index in [2.05, 4.69) is 26.0 Å². The molecule has 2 N–H and O–H groups in total. The molecule has 0 fully saturated rings. The smallest absolute Gasteiger partial charge is 0.00388 e. The van der Waals surface area contributed by atoms with Gasteiger partial charge in [0.25, 0.3) is 0 Å². The van der Waals surface area contributed by atoms with Gasteiger partial charge in [-0.3, -0.25) is 0 Å². The summed E-state index contributed by atoms with van der Waals surface area (Å²) in [4.78, 5) is 0. The fraction of sp³-hybridized carbons (Fsp3) is 0.917. The van der Waals surface area contributed by atoms with E-state index in [1.54, 1.807) is 0 Å². The molecule has 150 valence electrons. The van der Waals surface area contributed by atoms with Gasteiger partial charge in [-0.15, -0.1) is 0 Å². The molecule has 0 aromatic heterocycles. The fourth-order valence-electron chi connectivity index (χ4n) is 3.45. The normalized spacial score (nSPS) is 12.9. The molecule has 0 amide bonds. The number of hydrogen-bond donors (Lipinski definition) is 1. The highest BCUT2D eigenvalue weighted by Gasteiger charge is 2.01. The molecule has 1 unspecified atom stereocenters. The summed E-state index contributed by atoms with van der Waals surface area (Å²) in [6.07, 6.45) is 30.6. The van der Waals surface area contributed by atoms with Crippen LogP contribution in [0, 0.1) is 0 Å². The Hall–Kier alpha value is -0.300. The molecule has 0 rings (SSSR count). The van der Waals surface area contributed by atoms with Crippen LogP contribution in [-0.2, 0) is 0 Å². The van der Waals surface area contributed by atoms with Crippen molar-refractivity contribution in [2.45, 2.75) is 142 Å². The minimum absolute atomic E-state index is 0.460. The molecular formula is C24H49N. The molecule has 0 saturated carbocycles. The predicted molar refractivity (Wildman–Crippen MR) is 116 cm³/mol. The van der Waals surface area contributed by atoms with Gasteiger partial charge < -0.3 is 5.73 Å². The van der Waals surface area contributed by atoms with Crippen LogP contribution in [0.3, 0.4) is 0 Å². The third-order valence-electron chi connectivity index (χ3n) is 5.27. The molecular weight excluding hydrogens is 302 g/mol. The largest absolute Gasteiger partial charge is 0.328 e. The van der Waals surface area contributed by atoms with E-state index in [0.717, 1.165) is 0 Å². The second kappa shape index (κ2) is 21.7. The summed E-state index contributed by atoms with van der Waals surface area (Å²) in [5.74, 6) is 0. The molecule has 0 aliphatic carbocycles. The van der Waals surface area contributed by atoms with Crippen molar-refractivity contribution in [1.29, 1.82) is 0 Å². The van der Waals surface area contributed by atoms with Crippen molar-refractivity contribution in [1.82, 2.24) is 0 Å². The average Bonchev–Trinajstić information content (AvgIpc) is 2.62. The quantitative estimate of drug-likeness (QED) is 0.173. The molecule has 0 aliphatic rings. The van der Waals surface area contributed by atoms with E-state index < -0.39 is 0 Å². The highest BCUT2D eigenvalue weighted by atomic mass is 14.6. The zero-order valence-corrected chi connectivity index (χ0v) is 17.7. The van der Waals surface area contributed by atoms with Gasteiger partial charge in [-0.05, 0) is 38.5 Å². The van der Waals surface area contributed by atoms with Gasteiger partial charge in [0.15, 0.2) is 0 Å². The Bertz CT molecular complexity index is 259. The SMILES string of the molecule is CCCCCCCC/C=C\CCCCCCCC(N)CCCCCC. The molecule has 0 spiro atoms. The highest BCUT2D eigenvalue weighted by molar-refractivity contribution is 4.81. The lowest BCUT2D eigenvalue weighted by Gasteiger charge is -2.10. The van der Waals surface area contributed by atoms with Gasteiger partial charge in [-0.2, -0.15) is 0 Å². The Morgan fingerprint density at radius 1 is 0.520 bits per heavy atom. The molecule has 1 heteroatoms. The third-order valence-corrected chi connectivity index (χ3v) is 5.27. The summed E-state index contributed by atoms with van der Waals surface area (Å²) >= 11 is 0. The highest BCUT2D eigenvalue weighted by Crippen LogP contribution is 2.12. The zero-order valence-electron chi connectivity index (χ0n) is 17.7. The van der Waals surface area contributed by atoms with Crippen LogP contribution in [0.2, 0.25) is 0 Å².